The molecule has 0 aromatic rings. The molecule has 0 heterocycles. The van der Waals surface area contributed by atoms with Crippen molar-refractivity contribution < 1.29 is 27.9 Å². The molecule has 0 saturated carbocycles. The van der Waals surface area contributed by atoms with Crippen molar-refractivity contribution in [1.82, 2.24) is 0 Å². The van der Waals surface area contributed by atoms with E-state index in [0.717, 1.165) is 0 Å². The molecule has 7 nitrogen and oxygen atoms in total. The molecule has 14 heavy (non-hydrogen) atoms. The van der Waals surface area contributed by atoms with Gasteiger partial charge in [-0.25, -0.2) is 4.79 Å². The predicted octanol–water partition coefficient (Wildman–Crippen LogP) is -0.471. The highest BCUT2D eigenvalue weighted by Crippen LogP contribution is 1.81. The summed E-state index contributed by atoms with van der Waals surface area (Å²) < 4.78 is 18.5. The molecule has 0 saturated heterocycles. The fourth-order valence-corrected chi connectivity index (χ4v) is 0.866. The second kappa shape index (κ2) is 18.2. The summed E-state index contributed by atoms with van der Waals surface area (Å²) in [5, 5.41) is 7.19. The molecule has 3 N–H and O–H groups in total. The minimum absolute atomic E-state index is 1.33. The number of carbonyl (C=O) groups is 1. The van der Waals surface area contributed by atoms with Crippen molar-refractivity contribution in [3.63, 3.8) is 0 Å². The van der Waals surface area contributed by atoms with E-state index in [1.165, 1.54) is 0 Å². The Morgan fingerprint density at radius 2 is 1.21 bits per heavy atom. The number of primary amides is 1. The molecule has 0 aliphatic carbocycles. The van der Waals surface area contributed by atoms with Crippen LogP contribution in [-0.4, -0.2) is 56.3 Å². The average molecular weight is 229 g/mol. The van der Waals surface area contributed by atoms with Crippen LogP contribution >= 0.6 is 0 Å². The molecule has 0 fully saturated rings. The van der Waals surface area contributed by atoms with Gasteiger partial charge < -0.3 is 28.9 Å². The number of ether oxygens (including phenoxy) is 1. The maximum Gasteiger partial charge on any atom is 0.483 e. The first kappa shape index (κ1) is 19.0. The lowest BCUT2D eigenvalue weighted by molar-refractivity contribution is 0.163. The number of rotatable bonds is 3. The van der Waals surface area contributed by atoms with Gasteiger partial charge in [0, 0.05) is 35.5 Å². The highest BCUT2D eigenvalue weighted by molar-refractivity contribution is 6.36. The molecule has 88 valence electrons. The normalized spacial score (nSPS) is 8.14. The van der Waals surface area contributed by atoms with E-state index in [0.29, 0.717) is 0 Å². The number of carboxylic acid groups (broad SMARTS) is 1. The lowest BCUT2D eigenvalue weighted by atomic mass is 11.3. The zero-order valence-electron chi connectivity index (χ0n) is 9.14. The summed E-state index contributed by atoms with van der Waals surface area (Å²) in [5.41, 5.74) is 4.03. The smallest absolute Gasteiger partial charge is 0.465 e. The molecule has 0 rings (SSSR count). The maximum atomic E-state index is 8.78. The topological polar surface area (TPSA) is 100 Å². The monoisotopic (exact) mass is 229 g/mol. The third kappa shape index (κ3) is 42.6. The molecular formula is C6H19NO6Si. The minimum Gasteiger partial charge on any atom is -0.465 e. The molecule has 0 atom stereocenters. The van der Waals surface area contributed by atoms with Crippen molar-refractivity contribution in [3.8, 4) is 0 Å². The van der Waals surface area contributed by atoms with Crippen molar-refractivity contribution in [2.45, 2.75) is 0 Å². The van der Waals surface area contributed by atoms with Gasteiger partial charge in [0.2, 0.25) is 0 Å². The first-order valence-electron chi connectivity index (χ1n) is 3.46. The Hall–Kier alpha value is -0.673. The van der Waals surface area contributed by atoms with Gasteiger partial charge in [0.05, 0.1) is 0 Å². The Kier molecular flexibility index (Phi) is 24.7. The quantitative estimate of drug-likeness (QED) is 0.634. The molecule has 0 bridgehead atoms. The minimum atomic E-state index is -1.67. The lowest BCUT2D eigenvalue weighted by Gasteiger charge is -2.05. The standard InChI is InChI=1S/C3H10O3Si.C2H6O.CH3NO2/c1-4-7(5-2)6-3;1-3-2;2-1(3)4/h7H,1-3H3;1-2H3;2H2,(H,3,4). The molecule has 0 aliphatic heterocycles. The molecule has 0 unspecified atom stereocenters. The Morgan fingerprint density at radius 1 is 1.07 bits per heavy atom. The van der Waals surface area contributed by atoms with Crippen LogP contribution in [0.3, 0.4) is 0 Å². The van der Waals surface area contributed by atoms with Crippen molar-refractivity contribution in [1.29, 1.82) is 0 Å². The van der Waals surface area contributed by atoms with Crippen LogP contribution in [0, 0.1) is 0 Å². The van der Waals surface area contributed by atoms with Gasteiger partial charge in [-0.1, -0.05) is 0 Å². The predicted molar refractivity (Wildman–Crippen MR) is 53.3 cm³/mol. The van der Waals surface area contributed by atoms with Crippen LogP contribution in [0.2, 0.25) is 0 Å². The number of hydrogen-bond acceptors (Lipinski definition) is 5. The highest BCUT2D eigenvalue weighted by Gasteiger charge is 2.04. The molecule has 0 aromatic carbocycles. The number of methoxy groups -OCH3 is 1. The van der Waals surface area contributed by atoms with Crippen LogP contribution in [-0.2, 0) is 18.0 Å². The van der Waals surface area contributed by atoms with Crippen LogP contribution in [0.1, 0.15) is 0 Å². The van der Waals surface area contributed by atoms with E-state index in [1.54, 1.807) is 35.5 Å². The lowest BCUT2D eigenvalue weighted by Crippen LogP contribution is -2.21. The van der Waals surface area contributed by atoms with Crippen LogP contribution < -0.4 is 5.73 Å². The summed E-state index contributed by atoms with van der Waals surface area (Å²) in [6.07, 6.45) is -1.33. The fraction of sp³-hybridized carbons (Fsp3) is 0.833. The van der Waals surface area contributed by atoms with Gasteiger partial charge in [-0.3, -0.25) is 0 Å². The van der Waals surface area contributed by atoms with E-state index in [-0.39, 0.29) is 0 Å². The van der Waals surface area contributed by atoms with Crippen LogP contribution in [0.15, 0.2) is 0 Å². The summed E-state index contributed by atoms with van der Waals surface area (Å²) in [5.74, 6) is 0. The Morgan fingerprint density at radius 3 is 1.21 bits per heavy atom. The van der Waals surface area contributed by atoms with Crippen molar-refractivity contribution in [2.24, 2.45) is 5.73 Å². The Labute approximate surface area is 85.7 Å². The van der Waals surface area contributed by atoms with Crippen LogP contribution in [0.4, 0.5) is 4.79 Å². The summed E-state index contributed by atoms with van der Waals surface area (Å²) in [6.45, 7) is 0. The van der Waals surface area contributed by atoms with Crippen molar-refractivity contribution in [2.75, 3.05) is 35.5 Å². The van der Waals surface area contributed by atoms with Gasteiger partial charge in [-0.2, -0.15) is 0 Å². The molecule has 8 heteroatoms. The Balaban J connectivity index is -0.000000147. The molecular weight excluding hydrogens is 210 g/mol. The van der Waals surface area contributed by atoms with Crippen molar-refractivity contribution >= 4 is 15.6 Å². The maximum absolute atomic E-state index is 8.78. The van der Waals surface area contributed by atoms with Crippen molar-refractivity contribution in [3.05, 3.63) is 0 Å². The summed E-state index contributed by atoms with van der Waals surface area (Å²) in [7, 11) is 6.30. The van der Waals surface area contributed by atoms with Gasteiger partial charge >= 0.3 is 15.6 Å². The van der Waals surface area contributed by atoms with Crippen LogP contribution in [0.25, 0.3) is 0 Å². The van der Waals surface area contributed by atoms with E-state index >= 15 is 0 Å². The highest BCUT2D eigenvalue weighted by atomic mass is 28.3. The van der Waals surface area contributed by atoms with E-state index in [1.807, 2.05) is 0 Å². The van der Waals surface area contributed by atoms with E-state index in [4.69, 9.17) is 23.2 Å². The molecule has 0 aliphatic rings. The van der Waals surface area contributed by atoms with Gasteiger partial charge in [0.15, 0.2) is 0 Å². The second-order valence-electron chi connectivity index (χ2n) is 1.74. The van der Waals surface area contributed by atoms with E-state index in [2.05, 4.69) is 10.5 Å². The SMILES string of the molecule is COC.CO[SiH](OC)OC.NC(=O)O. The van der Waals surface area contributed by atoms with E-state index in [9.17, 15) is 0 Å². The third-order valence-corrected chi connectivity index (χ3v) is 1.73. The van der Waals surface area contributed by atoms with Gasteiger partial charge in [-0.05, 0) is 0 Å². The largest absolute Gasteiger partial charge is 0.483 e. The molecule has 0 radical (unpaired) electrons. The zero-order valence-corrected chi connectivity index (χ0v) is 10.3. The second-order valence-corrected chi connectivity index (χ2v) is 3.73. The molecule has 0 spiro atoms. The summed E-state index contributed by atoms with van der Waals surface area (Å²) in [4.78, 5) is 8.78. The summed E-state index contributed by atoms with van der Waals surface area (Å²) >= 11 is 0. The number of hydrogen-bond donors (Lipinski definition) is 2. The first-order chi connectivity index (χ1) is 6.49. The first-order valence-corrected chi connectivity index (χ1v) is 4.88. The third-order valence-electron chi connectivity index (χ3n) is 0.577. The van der Waals surface area contributed by atoms with Gasteiger partial charge in [-0.15, -0.1) is 0 Å². The zero-order chi connectivity index (χ0) is 12.0. The molecule has 1 amide bonds. The fourth-order valence-electron chi connectivity index (χ4n) is 0.289. The van der Waals surface area contributed by atoms with Crippen LogP contribution in [0.5, 0.6) is 0 Å². The van der Waals surface area contributed by atoms with Gasteiger partial charge in [0.25, 0.3) is 0 Å². The Bertz CT molecular complexity index is 101. The summed E-state index contributed by atoms with van der Waals surface area (Å²) in [6, 6.07) is 0. The number of amides is 1. The average Bonchev–Trinajstić information content (AvgIpc) is 2.08. The number of nitrogens with two attached hydrogens (primary N) is 1. The molecule has 0 aromatic heterocycles. The van der Waals surface area contributed by atoms with Gasteiger partial charge in [0.1, 0.15) is 0 Å². The van der Waals surface area contributed by atoms with E-state index < -0.39 is 15.6 Å².